The van der Waals surface area contributed by atoms with Crippen LogP contribution in [0.1, 0.15) is 32.1 Å². The predicted molar refractivity (Wildman–Crippen MR) is 53.1 cm³/mol. The highest BCUT2D eigenvalue weighted by Gasteiger charge is 2.27. The Labute approximate surface area is 85.4 Å². The molecular formula is C11H20O3. The molecule has 1 saturated carbocycles. The Morgan fingerprint density at radius 1 is 1.21 bits per heavy atom. The van der Waals surface area contributed by atoms with Crippen LogP contribution in [0.25, 0.3) is 0 Å². The second kappa shape index (κ2) is 5.10. The van der Waals surface area contributed by atoms with Crippen LogP contribution in [0.2, 0.25) is 0 Å². The van der Waals surface area contributed by atoms with Crippen LogP contribution in [0, 0.1) is 5.92 Å². The summed E-state index contributed by atoms with van der Waals surface area (Å²) >= 11 is 0. The lowest BCUT2D eigenvalue weighted by Gasteiger charge is -2.28. The molecule has 2 rings (SSSR count). The summed E-state index contributed by atoms with van der Waals surface area (Å²) in [5, 5.41) is 9.93. The highest BCUT2D eigenvalue weighted by atomic mass is 16.6. The molecule has 2 atom stereocenters. The van der Waals surface area contributed by atoms with Crippen molar-refractivity contribution < 1.29 is 14.6 Å². The zero-order valence-electron chi connectivity index (χ0n) is 8.65. The summed E-state index contributed by atoms with van der Waals surface area (Å²) in [5.74, 6) is 0.718. The molecule has 0 aromatic carbocycles. The van der Waals surface area contributed by atoms with Gasteiger partial charge in [0.25, 0.3) is 0 Å². The Bertz CT molecular complexity index is 160. The molecule has 1 saturated heterocycles. The molecule has 0 radical (unpaired) electrons. The molecule has 0 amide bonds. The molecule has 1 aliphatic carbocycles. The lowest BCUT2D eigenvalue weighted by molar-refractivity contribution is -0.135. The number of rotatable bonds is 3. The van der Waals surface area contributed by atoms with Gasteiger partial charge in [-0.15, -0.1) is 0 Å². The molecule has 0 bridgehead atoms. The van der Waals surface area contributed by atoms with Crippen LogP contribution in [0.3, 0.4) is 0 Å². The minimum Gasteiger partial charge on any atom is -0.390 e. The average molecular weight is 200 g/mol. The maximum Gasteiger partial charge on any atom is 0.107 e. The Morgan fingerprint density at radius 2 is 2.00 bits per heavy atom. The van der Waals surface area contributed by atoms with Crippen molar-refractivity contribution in [2.45, 2.75) is 44.3 Å². The van der Waals surface area contributed by atoms with Crippen LogP contribution in [-0.4, -0.2) is 37.1 Å². The Kier molecular flexibility index (Phi) is 3.79. The molecule has 1 N–H and O–H groups in total. The van der Waals surface area contributed by atoms with Crippen molar-refractivity contribution >= 4 is 0 Å². The molecule has 2 unspecified atom stereocenters. The molecule has 0 spiro atoms. The number of aliphatic hydroxyl groups excluding tert-OH is 1. The van der Waals surface area contributed by atoms with Crippen LogP contribution in [0.5, 0.6) is 0 Å². The molecule has 2 aliphatic rings. The van der Waals surface area contributed by atoms with Crippen molar-refractivity contribution in [2.75, 3.05) is 19.8 Å². The molecule has 0 aromatic rings. The third kappa shape index (κ3) is 2.69. The zero-order valence-corrected chi connectivity index (χ0v) is 8.65. The fourth-order valence-electron chi connectivity index (χ4n) is 2.47. The normalized spacial score (nSPS) is 31.9. The van der Waals surface area contributed by atoms with Crippen molar-refractivity contribution in [2.24, 2.45) is 5.92 Å². The predicted octanol–water partition coefficient (Wildman–Crippen LogP) is 1.34. The largest absolute Gasteiger partial charge is 0.390 e. The summed E-state index contributed by atoms with van der Waals surface area (Å²) in [4.78, 5) is 0. The maximum atomic E-state index is 9.93. The lowest BCUT2D eigenvalue weighted by atomic mass is 9.97. The minimum absolute atomic E-state index is 0.0793. The van der Waals surface area contributed by atoms with Gasteiger partial charge in [0.1, 0.15) is 6.10 Å². The Hall–Kier alpha value is -0.120. The Morgan fingerprint density at radius 3 is 2.64 bits per heavy atom. The zero-order chi connectivity index (χ0) is 9.80. The van der Waals surface area contributed by atoms with Crippen LogP contribution in [-0.2, 0) is 9.47 Å². The quantitative estimate of drug-likeness (QED) is 0.747. The van der Waals surface area contributed by atoms with Crippen LogP contribution < -0.4 is 0 Å². The van der Waals surface area contributed by atoms with Crippen molar-refractivity contribution in [3.63, 3.8) is 0 Å². The van der Waals surface area contributed by atoms with Gasteiger partial charge in [0.2, 0.25) is 0 Å². The summed E-state index contributed by atoms with van der Waals surface area (Å²) in [6.07, 6.45) is 5.73. The molecule has 14 heavy (non-hydrogen) atoms. The van der Waals surface area contributed by atoms with Crippen LogP contribution >= 0.6 is 0 Å². The third-order valence-corrected chi connectivity index (χ3v) is 3.32. The van der Waals surface area contributed by atoms with E-state index < -0.39 is 0 Å². The number of ether oxygens (including phenoxy) is 2. The third-order valence-electron chi connectivity index (χ3n) is 3.32. The molecule has 2 fully saturated rings. The molecule has 0 aromatic heterocycles. The van der Waals surface area contributed by atoms with E-state index in [9.17, 15) is 5.11 Å². The highest BCUT2D eigenvalue weighted by Crippen LogP contribution is 2.29. The molecular weight excluding hydrogens is 180 g/mol. The van der Waals surface area contributed by atoms with Gasteiger partial charge < -0.3 is 14.6 Å². The van der Waals surface area contributed by atoms with Crippen molar-refractivity contribution in [1.29, 1.82) is 0 Å². The summed E-state index contributed by atoms with van der Waals surface area (Å²) in [6.45, 7) is 1.87. The van der Waals surface area contributed by atoms with E-state index >= 15 is 0 Å². The number of hydrogen-bond donors (Lipinski definition) is 1. The first-order chi connectivity index (χ1) is 6.86. The fraction of sp³-hybridized carbons (Fsp3) is 1.00. The van der Waals surface area contributed by atoms with Gasteiger partial charge in [0.15, 0.2) is 0 Å². The van der Waals surface area contributed by atoms with Crippen LogP contribution in [0.15, 0.2) is 0 Å². The second-order valence-electron chi connectivity index (χ2n) is 4.44. The molecule has 3 heteroatoms. The second-order valence-corrected chi connectivity index (χ2v) is 4.44. The van der Waals surface area contributed by atoms with Gasteiger partial charge in [-0.25, -0.2) is 0 Å². The van der Waals surface area contributed by atoms with Gasteiger partial charge >= 0.3 is 0 Å². The summed E-state index contributed by atoms with van der Waals surface area (Å²) < 4.78 is 10.8. The summed E-state index contributed by atoms with van der Waals surface area (Å²) in [5.41, 5.74) is 0. The monoisotopic (exact) mass is 200 g/mol. The molecule has 3 nitrogen and oxygen atoms in total. The van der Waals surface area contributed by atoms with E-state index in [-0.39, 0.29) is 12.2 Å². The van der Waals surface area contributed by atoms with Crippen molar-refractivity contribution in [3.8, 4) is 0 Å². The van der Waals surface area contributed by atoms with Gasteiger partial charge in [0.05, 0.1) is 25.9 Å². The van der Waals surface area contributed by atoms with Crippen molar-refractivity contribution in [3.05, 3.63) is 0 Å². The van der Waals surface area contributed by atoms with Gasteiger partial charge in [-0.05, 0) is 12.3 Å². The fourth-order valence-corrected chi connectivity index (χ4v) is 2.47. The van der Waals surface area contributed by atoms with E-state index in [0.717, 1.165) is 12.3 Å². The van der Waals surface area contributed by atoms with Gasteiger partial charge in [0, 0.05) is 0 Å². The van der Waals surface area contributed by atoms with E-state index in [1.807, 2.05) is 0 Å². The van der Waals surface area contributed by atoms with Crippen LogP contribution in [0.4, 0.5) is 0 Å². The van der Waals surface area contributed by atoms with Crippen molar-refractivity contribution in [1.82, 2.24) is 0 Å². The van der Waals surface area contributed by atoms with Gasteiger partial charge in [-0.2, -0.15) is 0 Å². The first-order valence-corrected chi connectivity index (χ1v) is 5.73. The Balaban J connectivity index is 1.72. The standard InChI is InChI=1S/C11H20O3/c12-10(7-9-3-1-2-4-9)11-8-13-5-6-14-11/h9-12H,1-8H2. The maximum absolute atomic E-state index is 9.93. The highest BCUT2D eigenvalue weighted by molar-refractivity contribution is 4.77. The number of hydrogen-bond acceptors (Lipinski definition) is 3. The smallest absolute Gasteiger partial charge is 0.107 e. The summed E-state index contributed by atoms with van der Waals surface area (Å²) in [7, 11) is 0. The van der Waals surface area contributed by atoms with E-state index in [4.69, 9.17) is 9.47 Å². The first kappa shape index (κ1) is 10.4. The van der Waals surface area contributed by atoms with E-state index in [2.05, 4.69) is 0 Å². The number of aliphatic hydroxyl groups is 1. The summed E-state index contributed by atoms with van der Waals surface area (Å²) in [6, 6.07) is 0. The SMILES string of the molecule is OC(CC1CCCC1)C1COCCO1. The lowest BCUT2D eigenvalue weighted by Crippen LogP contribution is -2.39. The van der Waals surface area contributed by atoms with E-state index in [1.54, 1.807) is 0 Å². The van der Waals surface area contributed by atoms with E-state index in [1.165, 1.54) is 25.7 Å². The topological polar surface area (TPSA) is 38.7 Å². The first-order valence-electron chi connectivity index (χ1n) is 5.73. The molecule has 1 aliphatic heterocycles. The van der Waals surface area contributed by atoms with E-state index in [0.29, 0.717) is 19.8 Å². The molecule has 82 valence electrons. The van der Waals surface area contributed by atoms with Gasteiger partial charge in [-0.3, -0.25) is 0 Å². The molecule has 1 heterocycles. The average Bonchev–Trinajstić information content (AvgIpc) is 2.72. The minimum atomic E-state index is -0.321. The van der Waals surface area contributed by atoms with Gasteiger partial charge in [-0.1, -0.05) is 25.7 Å².